The van der Waals surface area contributed by atoms with Crippen molar-refractivity contribution < 1.29 is 34.0 Å². The number of carbonyl (C=O) groups excluding carboxylic acids is 1. The van der Waals surface area contributed by atoms with Gasteiger partial charge >= 0.3 is 0 Å². The first-order valence-electron chi connectivity index (χ1n) is 10.6. The number of fused-ring (bicyclic) bond motifs is 4. The predicted molar refractivity (Wildman–Crippen MR) is 98.8 cm³/mol. The highest BCUT2D eigenvalue weighted by atomic mass is 16.9. The van der Waals surface area contributed by atoms with Gasteiger partial charge in [0.05, 0.1) is 12.0 Å². The predicted octanol–water partition coefficient (Wildman–Crippen LogP) is 1.49. The molecule has 0 aromatic rings. The second-order valence-corrected chi connectivity index (χ2v) is 10.3. The smallest absolute Gasteiger partial charge is 0.270 e. The lowest BCUT2D eigenvalue weighted by Crippen LogP contribution is -2.66. The van der Waals surface area contributed by atoms with Gasteiger partial charge in [0, 0.05) is 5.92 Å². The summed E-state index contributed by atoms with van der Waals surface area (Å²) in [6, 6.07) is 0. The molecule has 0 radical (unpaired) electrons. The molecule has 4 fully saturated rings. The van der Waals surface area contributed by atoms with E-state index in [1.807, 2.05) is 19.1 Å². The normalized spacial score (nSPS) is 56.8. The van der Waals surface area contributed by atoms with Crippen molar-refractivity contribution in [2.24, 2.45) is 34.5 Å². The summed E-state index contributed by atoms with van der Waals surface area (Å²) in [5, 5.41) is 20.5. The van der Waals surface area contributed by atoms with E-state index in [9.17, 15) is 15.0 Å². The Balaban J connectivity index is 1.63. The maximum atomic E-state index is 14.3. The first kappa shape index (κ1) is 18.7. The van der Waals surface area contributed by atoms with Gasteiger partial charge in [-0.25, -0.2) is 0 Å². The molecule has 29 heavy (non-hydrogen) atoms. The summed E-state index contributed by atoms with van der Waals surface area (Å²) in [6.45, 7) is 5.80. The highest BCUT2D eigenvalue weighted by Gasteiger charge is 2.79. The quantitative estimate of drug-likeness (QED) is 0.591. The van der Waals surface area contributed by atoms with Crippen molar-refractivity contribution >= 4 is 5.78 Å². The van der Waals surface area contributed by atoms with Crippen LogP contribution in [0.1, 0.15) is 34.1 Å². The Morgan fingerprint density at radius 3 is 2.62 bits per heavy atom. The summed E-state index contributed by atoms with van der Waals surface area (Å²) >= 11 is 0. The Morgan fingerprint density at radius 2 is 1.86 bits per heavy atom. The number of aliphatic hydroxyl groups is 2. The standard InChI is InChI=1S/C22H28O7/c1-9-7-21-10(2)5-13-14(20(13,3)4)12(15(21)23)6-11-8-26-18(24)28-17(11)22(21)16(9)27-19(25)29-22/h6-7,10,12-14,16-19,24-25H,5,8H2,1-4H3/t10-,12+,13-,14-,16+,17-,18?,19?,21+,22-/m1/s1. The van der Waals surface area contributed by atoms with Gasteiger partial charge in [-0.1, -0.05) is 32.9 Å². The van der Waals surface area contributed by atoms with Crippen LogP contribution in [0, 0.1) is 34.5 Å². The number of ether oxygens (including phenoxy) is 4. The number of carbonyl (C=O) groups is 1. The van der Waals surface area contributed by atoms with E-state index in [4.69, 9.17) is 18.9 Å². The third-order valence-corrected chi connectivity index (χ3v) is 8.84. The summed E-state index contributed by atoms with van der Waals surface area (Å²) in [4.78, 5) is 14.3. The molecule has 4 aliphatic carbocycles. The van der Waals surface area contributed by atoms with Crippen LogP contribution >= 0.6 is 0 Å². The van der Waals surface area contributed by atoms with Crippen molar-refractivity contribution in [2.75, 3.05) is 6.61 Å². The Bertz CT molecular complexity index is 861. The van der Waals surface area contributed by atoms with E-state index < -0.39 is 36.2 Å². The van der Waals surface area contributed by atoms with Crippen molar-refractivity contribution in [3.63, 3.8) is 0 Å². The molecule has 2 unspecified atom stereocenters. The maximum absolute atomic E-state index is 14.3. The Hall–Kier alpha value is -1.09. The van der Waals surface area contributed by atoms with Gasteiger partial charge in [0.25, 0.3) is 13.0 Å². The number of ketones is 1. The zero-order valence-corrected chi connectivity index (χ0v) is 17.1. The molecular weight excluding hydrogens is 376 g/mol. The van der Waals surface area contributed by atoms with E-state index in [1.54, 1.807) is 0 Å². The summed E-state index contributed by atoms with van der Waals surface area (Å²) in [6.07, 6.45) is 3.56. The van der Waals surface area contributed by atoms with Crippen molar-refractivity contribution in [3.05, 3.63) is 23.3 Å². The minimum Gasteiger partial charge on any atom is -0.346 e. The fourth-order valence-electron chi connectivity index (χ4n) is 7.60. The molecule has 7 heteroatoms. The van der Waals surface area contributed by atoms with Gasteiger partial charge < -0.3 is 29.2 Å². The van der Waals surface area contributed by atoms with Gasteiger partial charge in [0.15, 0.2) is 11.4 Å². The van der Waals surface area contributed by atoms with Crippen LogP contribution in [0.3, 0.4) is 0 Å². The number of allylic oxidation sites excluding steroid dienone is 1. The molecule has 6 aliphatic rings. The number of hydrogen-bond donors (Lipinski definition) is 2. The molecule has 0 aromatic carbocycles. The Kier molecular flexibility index (Phi) is 3.47. The van der Waals surface area contributed by atoms with Crippen molar-refractivity contribution in [1.82, 2.24) is 0 Å². The molecule has 0 amide bonds. The lowest BCUT2D eigenvalue weighted by Gasteiger charge is -2.50. The SMILES string of the molecule is CC1=C[C@]23C(=O)[C@@H](C=C4COC(O)O[C@H]4[C@@]24OC(O)O[C@@H]14)[C@@H]1[C@@H](C[C@H]3C)C1(C)C. The van der Waals surface area contributed by atoms with Crippen molar-refractivity contribution in [1.29, 1.82) is 0 Å². The zero-order chi connectivity index (χ0) is 20.5. The van der Waals surface area contributed by atoms with Gasteiger partial charge in [-0.2, -0.15) is 0 Å². The largest absolute Gasteiger partial charge is 0.346 e. The molecule has 2 saturated heterocycles. The molecule has 6 rings (SSSR count). The molecule has 10 atom stereocenters. The maximum Gasteiger partial charge on any atom is 0.270 e. The van der Waals surface area contributed by atoms with Crippen LogP contribution in [-0.2, 0) is 23.7 Å². The monoisotopic (exact) mass is 404 g/mol. The van der Waals surface area contributed by atoms with E-state index in [1.165, 1.54) is 0 Å². The molecule has 2 aliphatic heterocycles. The Morgan fingerprint density at radius 1 is 1.14 bits per heavy atom. The lowest BCUT2D eigenvalue weighted by molar-refractivity contribution is -0.333. The molecular formula is C22H28O7. The Labute approximate surface area is 169 Å². The minimum atomic E-state index is -1.45. The molecule has 2 N–H and O–H groups in total. The molecule has 2 bridgehead atoms. The fourth-order valence-corrected chi connectivity index (χ4v) is 7.60. The van der Waals surface area contributed by atoms with Crippen LogP contribution in [0.2, 0.25) is 0 Å². The van der Waals surface area contributed by atoms with E-state index in [-0.39, 0.29) is 35.6 Å². The van der Waals surface area contributed by atoms with E-state index >= 15 is 0 Å². The third kappa shape index (κ3) is 1.93. The zero-order valence-electron chi connectivity index (χ0n) is 17.1. The van der Waals surface area contributed by atoms with E-state index in [2.05, 4.69) is 20.8 Å². The summed E-state index contributed by atoms with van der Waals surface area (Å²) < 4.78 is 23.2. The molecule has 2 spiro atoms. The molecule has 7 nitrogen and oxygen atoms in total. The van der Waals surface area contributed by atoms with Gasteiger partial charge in [-0.05, 0) is 47.7 Å². The van der Waals surface area contributed by atoms with Gasteiger partial charge in [-0.3, -0.25) is 4.79 Å². The van der Waals surface area contributed by atoms with Crippen LogP contribution in [-0.4, -0.2) is 53.4 Å². The number of aliphatic hydroxyl groups excluding tert-OH is 2. The highest BCUT2D eigenvalue weighted by Crippen LogP contribution is 2.73. The van der Waals surface area contributed by atoms with Crippen molar-refractivity contribution in [3.8, 4) is 0 Å². The topological polar surface area (TPSA) is 94.5 Å². The average molecular weight is 404 g/mol. The van der Waals surface area contributed by atoms with Gasteiger partial charge in [-0.15, -0.1) is 0 Å². The first-order chi connectivity index (χ1) is 13.6. The number of Topliss-reactive ketones (excluding diaryl/α,β-unsaturated/α-hetero) is 1. The molecule has 0 aromatic heterocycles. The van der Waals surface area contributed by atoms with Crippen molar-refractivity contribution in [2.45, 2.75) is 64.9 Å². The number of rotatable bonds is 0. The van der Waals surface area contributed by atoms with Gasteiger partial charge in [0.2, 0.25) is 0 Å². The second kappa shape index (κ2) is 5.39. The minimum absolute atomic E-state index is 0.0283. The van der Waals surface area contributed by atoms with Crippen LogP contribution < -0.4 is 0 Å². The molecule has 2 heterocycles. The van der Waals surface area contributed by atoms with Crippen LogP contribution in [0.25, 0.3) is 0 Å². The average Bonchev–Trinajstić information content (AvgIpc) is 2.94. The van der Waals surface area contributed by atoms with E-state index in [0.717, 1.165) is 17.6 Å². The second-order valence-electron chi connectivity index (χ2n) is 10.3. The molecule has 158 valence electrons. The third-order valence-electron chi connectivity index (χ3n) is 8.84. The number of hydrogen-bond acceptors (Lipinski definition) is 7. The fraction of sp³-hybridized carbons (Fsp3) is 0.773. The van der Waals surface area contributed by atoms with Crippen LogP contribution in [0.5, 0.6) is 0 Å². The first-order valence-corrected chi connectivity index (χ1v) is 10.6. The van der Waals surface area contributed by atoms with Gasteiger partial charge in [0.1, 0.15) is 12.2 Å². The molecule has 2 saturated carbocycles. The summed E-state index contributed by atoms with van der Waals surface area (Å²) in [5.74, 6) is 0.518. The lowest BCUT2D eigenvalue weighted by atomic mass is 9.59. The summed E-state index contributed by atoms with van der Waals surface area (Å²) in [5.41, 5.74) is -0.496. The van der Waals surface area contributed by atoms with Crippen LogP contribution in [0.15, 0.2) is 23.3 Å². The summed E-state index contributed by atoms with van der Waals surface area (Å²) in [7, 11) is 0. The van der Waals surface area contributed by atoms with Crippen LogP contribution in [0.4, 0.5) is 0 Å². The van der Waals surface area contributed by atoms with E-state index in [0.29, 0.717) is 5.92 Å². The highest BCUT2D eigenvalue weighted by molar-refractivity contribution is 5.95.